The molecular weight excluding hydrogens is 186 g/mol. The molecule has 0 heterocycles. The van der Waals surface area contributed by atoms with Gasteiger partial charge in [0.2, 0.25) is 0 Å². The molecule has 0 saturated heterocycles. The Morgan fingerprint density at radius 3 is 1.86 bits per heavy atom. The molecule has 0 aliphatic carbocycles. The largest absolute Gasteiger partial charge is 0.405 e. The molecule has 0 aromatic carbocycles. The molecule has 78 valence electrons. The van der Waals surface area contributed by atoms with Crippen LogP contribution in [0.1, 0.15) is 13.3 Å². The van der Waals surface area contributed by atoms with Gasteiger partial charge in [-0.05, 0) is 0 Å². The van der Waals surface area contributed by atoms with Crippen molar-refractivity contribution in [1.82, 2.24) is 0 Å². The van der Waals surface area contributed by atoms with Crippen LogP contribution < -0.4 is 5.73 Å². The van der Waals surface area contributed by atoms with Crippen LogP contribution in [0.15, 0.2) is 25.3 Å². The first-order valence-electron chi connectivity index (χ1n) is 3.97. The minimum atomic E-state index is -1.75. The minimum Gasteiger partial charge on any atom is -0.405 e. The van der Waals surface area contributed by atoms with Crippen molar-refractivity contribution >= 4 is 11.9 Å². The van der Waals surface area contributed by atoms with Gasteiger partial charge in [0.25, 0.3) is 0 Å². The van der Waals surface area contributed by atoms with Crippen LogP contribution in [-0.4, -0.2) is 17.8 Å². The van der Waals surface area contributed by atoms with E-state index in [-0.39, 0.29) is 6.42 Å². The van der Waals surface area contributed by atoms with Crippen molar-refractivity contribution in [3.05, 3.63) is 25.3 Å². The molecule has 5 nitrogen and oxygen atoms in total. The van der Waals surface area contributed by atoms with E-state index in [9.17, 15) is 9.59 Å². The molecule has 0 amide bonds. The smallest absolute Gasteiger partial charge is 0.334 e. The Morgan fingerprint density at radius 2 is 1.64 bits per heavy atom. The number of nitrogens with two attached hydrogens (primary N) is 1. The molecule has 0 spiro atoms. The number of ether oxygens (including phenoxy) is 2. The van der Waals surface area contributed by atoms with Gasteiger partial charge in [-0.2, -0.15) is 0 Å². The standard InChI is InChI=1S/C9H13NO4/c1-4-7(11)13-9(10,6-3)14-8(12)5-2/h4-5H,1-2,6,10H2,3H3. The van der Waals surface area contributed by atoms with Gasteiger partial charge in [-0.3, -0.25) is 5.73 Å². The van der Waals surface area contributed by atoms with Gasteiger partial charge in [-0.25, -0.2) is 9.59 Å². The Kier molecular flexibility index (Phi) is 4.58. The summed E-state index contributed by atoms with van der Waals surface area (Å²) in [6.45, 7) is 7.98. The fraction of sp³-hybridized carbons (Fsp3) is 0.333. The zero-order chi connectivity index (χ0) is 11.2. The monoisotopic (exact) mass is 199 g/mol. The first-order valence-corrected chi connectivity index (χ1v) is 3.97. The highest BCUT2D eigenvalue weighted by atomic mass is 16.7. The molecule has 0 radical (unpaired) electrons. The molecule has 0 aromatic rings. The first kappa shape index (κ1) is 12.4. The lowest BCUT2D eigenvalue weighted by molar-refractivity contribution is -0.221. The van der Waals surface area contributed by atoms with E-state index in [2.05, 4.69) is 22.6 Å². The number of carbonyl (C=O) groups is 2. The third-order valence-corrected chi connectivity index (χ3v) is 1.37. The Hall–Kier alpha value is -1.62. The molecule has 0 aliphatic rings. The molecular formula is C9H13NO4. The van der Waals surface area contributed by atoms with E-state index in [1.54, 1.807) is 6.92 Å². The second kappa shape index (κ2) is 5.18. The molecule has 14 heavy (non-hydrogen) atoms. The van der Waals surface area contributed by atoms with Gasteiger partial charge in [0.1, 0.15) is 0 Å². The van der Waals surface area contributed by atoms with Crippen LogP contribution in [-0.2, 0) is 19.1 Å². The van der Waals surface area contributed by atoms with Crippen LogP contribution >= 0.6 is 0 Å². The summed E-state index contributed by atoms with van der Waals surface area (Å²) in [7, 11) is 0. The summed E-state index contributed by atoms with van der Waals surface area (Å²) in [6.07, 6.45) is 1.99. The zero-order valence-electron chi connectivity index (χ0n) is 7.99. The van der Waals surface area contributed by atoms with E-state index in [4.69, 9.17) is 5.73 Å². The number of esters is 2. The van der Waals surface area contributed by atoms with E-state index in [0.717, 1.165) is 12.2 Å². The molecule has 2 N–H and O–H groups in total. The average molecular weight is 199 g/mol. The lowest BCUT2D eigenvalue weighted by Crippen LogP contribution is -2.47. The predicted molar refractivity (Wildman–Crippen MR) is 49.8 cm³/mol. The van der Waals surface area contributed by atoms with Crippen molar-refractivity contribution in [2.75, 3.05) is 0 Å². The summed E-state index contributed by atoms with van der Waals surface area (Å²) in [5, 5.41) is 0. The molecule has 5 heteroatoms. The molecule has 0 atom stereocenters. The third-order valence-electron chi connectivity index (χ3n) is 1.37. The Bertz CT molecular complexity index is 238. The van der Waals surface area contributed by atoms with Crippen LogP contribution in [0.3, 0.4) is 0 Å². The summed E-state index contributed by atoms with van der Waals surface area (Å²) in [6, 6.07) is 0. The minimum absolute atomic E-state index is 0.131. The van der Waals surface area contributed by atoms with E-state index in [1.807, 2.05) is 0 Å². The maximum atomic E-state index is 10.8. The van der Waals surface area contributed by atoms with Crippen molar-refractivity contribution in [2.45, 2.75) is 19.3 Å². The van der Waals surface area contributed by atoms with Crippen LogP contribution in [0.5, 0.6) is 0 Å². The van der Waals surface area contributed by atoms with Gasteiger partial charge in [0, 0.05) is 18.6 Å². The Morgan fingerprint density at radius 1 is 1.29 bits per heavy atom. The van der Waals surface area contributed by atoms with Gasteiger partial charge in [0.05, 0.1) is 0 Å². The van der Waals surface area contributed by atoms with E-state index in [1.165, 1.54) is 0 Å². The highest BCUT2D eigenvalue weighted by molar-refractivity contribution is 5.83. The topological polar surface area (TPSA) is 78.6 Å². The maximum absolute atomic E-state index is 10.8. The fourth-order valence-electron chi connectivity index (χ4n) is 0.589. The van der Waals surface area contributed by atoms with Crippen molar-refractivity contribution in [2.24, 2.45) is 5.73 Å². The van der Waals surface area contributed by atoms with Crippen molar-refractivity contribution < 1.29 is 19.1 Å². The highest BCUT2D eigenvalue weighted by Gasteiger charge is 2.30. The van der Waals surface area contributed by atoms with Gasteiger partial charge in [-0.1, -0.05) is 20.1 Å². The fourth-order valence-corrected chi connectivity index (χ4v) is 0.589. The second-order valence-corrected chi connectivity index (χ2v) is 2.42. The Labute approximate surface area is 82.2 Å². The normalized spacial score (nSPS) is 10.1. The quantitative estimate of drug-likeness (QED) is 0.395. The maximum Gasteiger partial charge on any atom is 0.334 e. The average Bonchev–Trinajstić information content (AvgIpc) is 2.17. The van der Waals surface area contributed by atoms with Gasteiger partial charge >= 0.3 is 17.8 Å². The Balaban J connectivity index is 4.45. The van der Waals surface area contributed by atoms with E-state index >= 15 is 0 Å². The molecule has 0 saturated carbocycles. The lowest BCUT2D eigenvalue weighted by Gasteiger charge is -2.25. The molecule has 0 aromatic heterocycles. The molecule has 0 rings (SSSR count). The van der Waals surface area contributed by atoms with Gasteiger partial charge in [-0.15, -0.1) is 0 Å². The van der Waals surface area contributed by atoms with E-state index < -0.39 is 17.8 Å². The summed E-state index contributed by atoms with van der Waals surface area (Å²) in [5.41, 5.74) is 5.47. The van der Waals surface area contributed by atoms with Crippen molar-refractivity contribution in [3.8, 4) is 0 Å². The van der Waals surface area contributed by atoms with Gasteiger partial charge < -0.3 is 9.47 Å². The van der Waals surface area contributed by atoms with Crippen molar-refractivity contribution in [1.29, 1.82) is 0 Å². The lowest BCUT2D eigenvalue weighted by atomic mass is 10.3. The number of rotatable bonds is 5. The number of hydrogen-bond donors (Lipinski definition) is 1. The summed E-state index contributed by atoms with van der Waals surface area (Å²) >= 11 is 0. The molecule has 0 bridgehead atoms. The van der Waals surface area contributed by atoms with Crippen LogP contribution in [0, 0.1) is 0 Å². The van der Waals surface area contributed by atoms with Crippen molar-refractivity contribution in [3.63, 3.8) is 0 Å². The third kappa shape index (κ3) is 3.86. The van der Waals surface area contributed by atoms with Crippen LogP contribution in [0.4, 0.5) is 0 Å². The second-order valence-electron chi connectivity index (χ2n) is 2.42. The number of carbonyl (C=O) groups excluding carboxylic acids is 2. The van der Waals surface area contributed by atoms with Crippen LogP contribution in [0.25, 0.3) is 0 Å². The van der Waals surface area contributed by atoms with Gasteiger partial charge in [0.15, 0.2) is 0 Å². The zero-order valence-corrected chi connectivity index (χ0v) is 7.99. The highest BCUT2D eigenvalue weighted by Crippen LogP contribution is 2.11. The van der Waals surface area contributed by atoms with Crippen LogP contribution in [0.2, 0.25) is 0 Å². The first-order chi connectivity index (χ1) is 6.47. The summed E-state index contributed by atoms with van der Waals surface area (Å²) < 4.78 is 9.28. The summed E-state index contributed by atoms with van der Waals surface area (Å²) in [4.78, 5) is 21.6. The summed E-state index contributed by atoms with van der Waals surface area (Å²) in [5.74, 6) is -3.27. The SMILES string of the molecule is C=CC(=O)OC(N)(CC)OC(=O)C=C. The predicted octanol–water partition coefficient (Wildman–Crippen LogP) is 0.467. The molecule has 0 fully saturated rings. The molecule has 0 aliphatic heterocycles. The van der Waals surface area contributed by atoms with E-state index in [0.29, 0.717) is 0 Å². The number of hydrogen-bond acceptors (Lipinski definition) is 5. The molecule has 0 unspecified atom stereocenters.